The number of methoxy groups -OCH3 is 2. The summed E-state index contributed by atoms with van der Waals surface area (Å²) in [7, 11) is 3.16. The number of rotatable bonds is 7. The fourth-order valence-corrected chi connectivity index (χ4v) is 3.81. The molecule has 36 heavy (non-hydrogen) atoms. The summed E-state index contributed by atoms with van der Waals surface area (Å²) in [6.07, 6.45) is 0. The number of anilines is 1. The van der Waals surface area contributed by atoms with E-state index in [-0.39, 0.29) is 23.4 Å². The minimum atomic E-state index is -0.287. The van der Waals surface area contributed by atoms with Crippen molar-refractivity contribution in [3.05, 3.63) is 82.5 Å². The Morgan fingerprint density at radius 1 is 0.889 bits per heavy atom. The van der Waals surface area contributed by atoms with Crippen molar-refractivity contribution in [1.29, 1.82) is 0 Å². The van der Waals surface area contributed by atoms with Gasteiger partial charge < -0.3 is 23.9 Å². The number of ether oxygens (including phenoxy) is 3. The highest BCUT2D eigenvalue weighted by atomic mass is 16.5. The highest BCUT2D eigenvalue weighted by Crippen LogP contribution is 2.34. The van der Waals surface area contributed by atoms with Gasteiger partial charge in [-0.25, -0.2) is 0 Å². The molecule has 1 amide bonds. The van der Waals surface area contributed by atoms with Gasteiger partial charge in [-0.3, -0.25) is 9.59 Å². The number of carbonyl (C=O) groups is 1. The summed E-state index contributed by atoms with van der Waals surface area (Å²) >= 11 is 0. The van der Waals surface area contributed by atoms with E-state index in [1.807, 2.05) is 18.2 Å². The van der Waals surface area contributed by atoms with Gasteiger partial charge in [0.25, 0.3) is 5.91 Å². The highest BCUT2D eigenvalue weighted by molar-refractivity contribution is 5.92. The van der Waals surface area contributed by atoms with Gasteiger partial charge in [0.2, 0.25) is 0 Å². The first kappa shape index (κ1) is 24.9. The van der Waals surface area contributed by atoms with Crippen LogP contribution in [-0.2, 0) is 10.2 Å². The molecule has 0 aliphatic rings. The van der Waals surface area contributed by atoms with Crippen molar-refractivity contribution in [2.24, 2.45) is 0 Å². The highest BCUT2D eigenvalue weighted by Gasteiger charge is 2.20. The first-order valence-corrected chi connectivity index (χ1v) is 11.5. The van der Waals surface area contributed by atoms with Gasteiger partial charge >= 0.3 is 0 Å². The van der Waals surface area contributed by atoms with Crippen LogP contribution in [-0.4, -0.2) is 26.7 Å². The van der Waals surface area contributed by atoms with Crippen LogP contribution in [0.15, 0.2) is 75.9 Å². The maximum Gasteiger partial charge on any atom is 0.262 e. The zero-order valence-electron chi connectivity index (χ0n) is 21.0. The van der Waals surface area contributed by atoms with Crippen molar-refractivity contribution in [2.75, 3.05) is 26.1 Å². The standard InChI is InChI=1S/C29H29NO6/c1-29(2,3)23-15-21(34-5)11-13-26(23)35-17-28(32)30-19-8-6-18(7-9-19)27-16-24(31)22-14-20(33-4)10-12-25(22)36-27/h6-16H,17H2,1-5H3,(H,30,32). The van der Waals surface area contributed by atoms with E-state index in [4.69, 9.17) is 18.6 Å². The van der Waals surface area contributed by atoms with Crippen LogP contribution in [0.4, 0.5) is 5.69 Å². The van der Waals surface area contributed by atoms with Crippen molar-refractivity contribution < 1.29 is 23.4 Å². The van der Waals surface area contributed by atoms with Gasteiger partial charge in [-0.05, 0) is 66.1 Å². The molecular weight excluding hydrogens is 458 g/mol. The number of nitrogens with one attached hydrogen (secondary N) is 1. The summed E-state index contributed by atoms with van der Waals surface area (Å²) in [5.41, 5.74) is 2.40. The van der Waals surface area contributed by atoms with E-state index >= 15 is 0 Å². The van der Waals surface area contributed by atoms with Gasteiger partial charge in [-0.2, -0.15) is 0 Å². The molecule has 0 fully saturated rings. The maximum atomic E-state index is 12.6. The number of hydrogen-bond donors (Lipinski definition) is 1. The molecule has 0 unspecified atom stereocenters. The minimum Gasteiger partial charge on any atom is -0.497 e. The van der Waals surface area contributed by atoms with Crippen molar-refractivity contribution >= 4 is 22.6 Å². The minimum absolute atomic E-state index is 0.139. The molecule has 1 aromatic heterocycles. The number of hydrogen-bond acceptors (Lipinski definition) is 6. The molecule has 0 bridgehead atoms. The van der Waals surface area contributed by atoms with E-state index in [9.17, 15) is 9.59 Å². The second kappa shape index (κ2) is 10.2. The van der Waals surface area contributed by atoms with E-state index in [0.29, 0.717) is 39.5 Å². The van der Waals surface area contributed by atoms with E-state index in [1.165, 1.54) is 6.07 Å². The zero-order chi connectivity index (χ0) is 25.9. The van der Waals surface area contributed by atoms with Gasteiger partial charge in [0.05, 0.1) is 19.6 Å². The van der Waals surface area contributed by atoms with Crippen LogP contribution in [0.5, 0.6) is 17.2 Å². The molecule has 0 saturated carbocycles. The lowest BCUT2D eigenvalue weighted by Gasteiger charge is -2.23. The largest absolute Gasteiger partial charge is 0.497 e. The van der Waals surface area contributed by atoms with Crippen molar-refractivity contribution in [3.63, 3.8) is 0 Å². The summed E-state index contributed by atoms with van der Waals surface area (Å²) in [6.45, 7) is 6.08. The van der Waals surface area contributed by atoms with Crippen molar-refractivity contribution in [2.45, 2.75) is 26.2 Å². The molecule has 4 aromatic rings. The Morgan fingerprint density at radius 3 is 2.22 bits per heavy atom. The van der Waals surface area contributed by atoms with Crippen LogP contribution >= 0.6 is 0 Å². The second-order valence-electron chi connectivity index (χ2n) is 9.36. The predicted octanol–water partition coefficient (Wildman–Crippen LogP) is 5.79. The summed E-state index contributed by atoms with van der Waals surface area (Å²) in [4.78, 5) is 25.1. The van der Waals surface area contributed by atoms with E-state index in [2.05, 4.69) is 26.1 Å². The van der Waals surface area contributed by atoms with Crippen LogP contribution in [0.2, 0.25) is 0 Å². The van der Waals surface area contributed by atoms with Crippen molar-refractivity contribution in [1.82, 2.24) is 0 Å². The monoisotopic (exact) mass is 487 g/mol. The molecule has 7 heteroatoms. The molecule has 0 radical (unpaired) electrons. The molecule has 4 rings (SSSR count). The second-order valence-corrected chi connectivity index (χ2v) is 9.36. The Balaban J connectivity index is 1.44. The lowest BCUT2D eigenvalue weighted by Crippen LogP contribution is -2.22. The van der Waals surface area contributed by atoms with E-state index in [0.717, 1.165) is 11.3 Å². The Kier molecular flexibility index (Phi) is 7.01. The zero-order valence-corrected chi connectivity index (χ0v) is 21.0. The average Bonchev–Trinajstić information content (AvgIpc) is 2.87. The lowest BCUT2D eigenvalue weighted by molar-refractivity contribution is -0.118. The molecule has 1 N–H and O–H groups in total. The summed E-state index contributed by atoms with van der Waals surface area (Å²) in [5.74, 6) is 2.11. The fourth-order valence-electron chi connectivity index (χ4n) is 3.81. The molecule has 0 atom stereocenters. The van der Waals surface area contributed by atoms with Crippen LogP contribution < -0.4 is 25.0 Å². The topological polar surface area (TPSA) is 87.0 Å². The lowest BCUT2D eigenvalue weighted by atomic mass is 9.86. The Morgan fingerprint density at radius 2 is 1.56 bits per heavy atom. The molecule has 0 aliphatic heterocycles. The van der Waals surface area contributed by atoms with Gasteiger partial charge in [0, 0.05) is 22.9 Å². The molecule has 0 spiro atoms. The summed E-state index contributed by atoms with van der Waals surface area (Å²) in [5, 5.41) is 3.28. The number of benzene rings is 3. The number of amides is 1. The van der Waals surface area contributed by atoms with E-state index < -0.39 is 0 Å². The summed E-state index contributed by atoms with van der Waals surface area (Å²) in [6, 6.07) is 19.2. The SMILES string of the molecule is COc1ccc(OCC(=O)Nc2ccc(-c3cc(=O)c4cc(OC)ccc4o3)cc2)c(C(C)(C)C)c1. The van der Waals surface area contributed by atoms with Crippen LogP contribution in [0, 0.1) is 0 Å². The number of carbonyl (C=O) groups excluding carboxylic acids is 1. The first-order chi connectivity index (χ1) is 17.2. The van der Waals surface area contributed by atoms with Crippen LogP contribution in [0.25, 0.3) is 22.3 Å². The molecule has 3 aromatic carbocycles. The normalized spacial score (nSPS) is 11.2. The molecule has 1 heterocycles. The third-order valence-corrected chi connectivity index (χ3v) is 5.74. The van der Waals surface area contributed by atoms with E-state index in [1.54, 1.807) is 56.7 Å². The average molecular weight is 488 g/mol. The number of fused-ring (bicyclic) bond motifs is 1. The summed E-state index contributed by atoms with van der Waals surface area (Å²) < 4.78 is 22.3. The molecule has 7 nitrogen and oxygen atoms in total. The van der Waals surface area contributed by atoms with Gasteiger partial charge in [-0.15, -0.1) is 0 Å². The molecular formula is C29H29NO6. The fraction of sp³-hybridized carbons (Fsp3) is 0.241. The smallest absolute Gasteiger partial charge is 0.262 e. The quantitative estimate of drug-likeness (QED) is 0.355. The maximum absolute atomic E-state index is 12.6. The van der Waals surface area contributed by atoms with Crippen LogP contribution in [0.1, 0.15) is 26.3 Å². The predicted molar refractivity (Wildman–Crippen MR) is 140 cm³/mol. The van der Waals surface area contributed by atoms with Crippen LogP contribution in [0.3, 0.4) is 0 Å². The van der Waals surface area contributed by atoms with Gasteiger partial charge in [-0.1, -0.05) is 20.8 Å². The third kappa shape index (κ3) is 5.51. The molecule has 0 saturated heterocycles. The first-order valence-electron chi connectivity index (χ1n) is 11.5. The van der Waals surface area contributed by atoms with Gasteiger partial charge in [0.15, 0.2) is 12.0 Å². The van der Waals surface area contributed by atoms with Crippen molar-refractivity contribution in [3.8, 4) is 28.6 Å². The molecule has 0 aliphatic carbocycles. The molecule has 186 valence electrons. The third-order valence-electron chi connectivity index (χ3n) is 5.74. The Hall–Kier alpha value is -4.26. The Bertz CT molecular complexity index is 1450. The Labute approximate surface area is 209 Å². The van der Waals surface area contributed by atoms with Gasteiger partial charge in [0.1, 0.15) is 28.6 Å².